The van der Waals surface area contributed by atoms with Crippen LogP contribution < -0.4 is 15.5 Å². The number of carbonyl (C=O) groups is 3. The summed E-state index contributed by atoms with van der Waals surface area (Å²) < 4.78 is 5.42. The number of fused-ring (bicyclic) bond motifs is 1. The lowest BCUT2D eigenvalue weighted by atomic mass is 10.1. The maximum Gasteiger partial charge on any atom is 0.262 e. The lowest BCUT2D eigenvalue weighted by Gasteiger charge is -2.28. The molecule has 10 heteroatoms. The fourth-order valence-electron chi connectivity index (χ4n) is 4.28. The van der Waals surface area contributed by atoms with Crippen molar-refractivity contribution >= 4 is 40.7 Å². The van der Waals surface area contributed by atoms with Gasteiger partial charge >= 0.3 is 0 Å². The Bertz CT molecular complexity index is 1290. The molecule has 1 unspecified atom stereocenters. The van der Waals surface area contributed by atoms with E-state index in [9.17, 15) is 14.4 Å². The standard InChI is InChI=1S/C26H26N6O4/c1-16(32-25(34)20-5-3-4-6-21(20)26(32)35)24(33)30-19-9-7-18(8-10-19)29-22-15-23(28-17(2)27-22)31-11-13-36-14-12-31/h3-10,15-16H,11-14H2,1-2H3,(H,30,33)(H,27,28,29). The maximum atomic E-state index is 12.8. The van der Waals surface area contributed by atoms with Crippen LogP contribution >= 0.6 is 0 Å². The smallest absolute Gasteiger partial charge is 0.262 e. The largest absolute Gasteiger partial charge is 0.378 e. The molecule has 1 atom stereocenters. The molecule has 0 spiro atoms. The van der Waals surface area contributed by atoms with Gasteiger partial charge in [0, 0.05) is 30.5 Å². The van der Waals surface area contributed by atoms with E-state index in [4.69, 9.17) is 4.74 Å². The Morgan fingerprint density at radius 3 is 2.19 bits per heavy atom. The van der Waals surface area contributed by atoms with Gasteiger partial charge in [0.25, 0.3) is 11.8 Å². The molecule has 1 aromatic heterocycles. The molecule has 5 rings (SSSR count). The van der Waals surface area contributed by atoms with Gasteiger partial charge in [0.15, 0.2) is 0 Å². The summed E-state index contributed by atoms with van der Waals surface area (Å²) in [4.78, 5) is 50.4. The summed E-state index contributed by atoms with van der Waals surface area (Å²) in [6.07, 6.45) is 0. The van der Waals surface area contributed by atoms with Gasteiger partial charge in [0.1, 0.15) is 23.5 Å². The minimum Gasteiger partial charge on any atom is -0.378 e. The maximum absolute atomic E-state index is 12.8. The second kappa shape index (κ2) is 9.74. The van der Waals surface area contributed by atoms with E-state index in [1.54, 1.807) is 36.4 Å². The van der Waals surface area contributed by atoms with Crippen LogP contribution in [0, 0.1) is 6.92 Å². The summed E-state index contributed by atoms with van der Waals surface area (Å²) in [6, 6.07) is 14.6. The van der Waals surface area contributed by atoms with E-state index in [-0.39, 0.29) is 0 Å². The lowest BCUT2D eigenvalue weighted by molar-refractivity contribution is -0.119. The zero-order chi connectivity index (χ0) is 25.2. The Balaban J connectivity index is 1.23. The Labute approximate surface area is 208 Å². The Hall–Kier alpha value is -4.31. The third-order valence-corrected chi connectivity index (χ3v) is 6.18. The molecule has 1 fully saturated rings. The predicted octanol–water partition coefficient (Wildman–Crippen LogP) is 2.99. The number of benzene rings is 2. The van der Waals surface area contributed by atoms with E-state index in [0.717, 1.165) is 29.5 Å². The molecule has 2 aromatic carbocycles. The van der Waals surface area contributed by atoms with Crippen LogP contribution in [0.1, 0.15) is 33.5 Å². The molecule has 2 N–H and O–H groups in total. The van der Waals surface area contributed by atoms with Gasteiger partial charge in [-0.1, -0.05) is 12.1 Å². The van der Waals surface area contributed by atoms with Gasteiger partial charge in [-0.05, 0) is 50.2 Å². The van der Waals surface area contributed by atoms with Crippen LogP contribution in [0.5, 0.6) is 0 Å². The number of hydrogen-bond acceptors (Lipinski definition) is 8. The normalized spacial score (nSPS) is 16.1. The van der Waals surface area contributed by atoms with Crippen LogP contribution in [-0.2, 0) is 9.53 Å². The first kappa shape index (κ1) is 23.4. The van der Waals surface area contributed by atoms with Gasteiger partial charge in [0.05, 0.1) is 24.3 Å². The third-order valence-electron chi connectivity index (χ3n) is 6.18. The van der Waals surface area contributed by atoms with Crippen LogP contribution in [0.25, 0.3) is 0 Å². The first-order valence-corrected chi connectivity index (χ1v) is 11.7. The molecular formula is C26H26N6O4. The van der Waals surface area contributed by atoms with E-state index in [0.29, 0.717) is 41.7 Å². The van der Waals surface area contributed by atoms with Gasteiger partial charge in [-0.3, -0.25) is 19.3 Å². The van der Waals surface area contributed by atoms with Crippen molar-refractivity contribution in [3.63, 3.8) is 0 Å². The molecular weight excluding hydrogens is 460 g/mol. The van der Waals surface area contributed by atoms with Crippen molar-refractivity contribution < 1.29 is 19.1 Å². The molecule has 0 bridgehead atoms. The third kappa shape index (κ3) is 4.63. The fourth-order valence-corrected chi connectivity index (χ4v) is 4.28. The average molecular weight is 487 g/mol. The second-order valence-electron chi connectivity index (χ2n) is 8.65. The van der Waals surface area contributed by atoms with Crippen LogP contribution in [0.2, 0.25) is 0 Å². The van der Waals surface area contributed by atoms with Gasteiger partial charge in [-0.15, -0.1) is 0 Å². The highest BCUT2D eigenvalue weighted by molar-refractivity contribution is 6.23. The van der Waals surface area contributed by atoms with E-state index < -0.39 is 23.8 Å². The molecule has 3 aromatic rings. The van der Waals surface area contributed by atoms with Crippen molar-refractivity contribution in [2.45, 2.75) is 19.9 Å². The molecule has 0 saturated carbocycles. The number of aromatic nitrogens is 2. The number of aryl methyl sites for hydroxylation is 1. The SMILES string of the molecule is Cc1nc(Nc2ccc(NC(=O)C(C)N3C(=O)c4ccccc4C3=O)cc2)cc(N2CCOCC2)n1. The molecule has 184 valence electrons. The van der Waals surface area contributed by atoms with E-state index in [2.05, 4.69) is 25.5 Å². The quantitative estimate of drug-likeness (QED) is 0.511. The molecule has 2 aliphatic heterocycles. The highest BCUT2D eigenvalue weighted by atomic mass is 16.5. The summed E-state index contributed by atoms with van der Waals surface area (Å²) >= 11 is 0. The van der Waals surface area contributed by atoms with Crippen LogP contribution in [0.3, 0.4) is 0 Å². The van der Waals surface area contributed by atoms with Crippen LogP contribution in [0.4, 0.5) is 23.0 Å². The number of rotatable bonds is 6. The second-order valence-corrected chi connectivity index (χ2v) is 8.65. The van der Waals surface area contributed by atoms with Crippen molar-refractivity contribution in [2.75, 3.05) is 41.8 Å². The summed E-state index contributed by atoms with van der Waals surface area (Å²) in [6.45, 7) is 6.29. The van der Waals surface area contributed by atoms with Crippen LogP contribution in [-0.4, -0.2) is 64.9 Å². The summed E-state index contributed by atoms with van der Waals surface area (Å²) in [5, 5.41) is 6.06. The minimum atomic E-state index is -0.960. The van der Waals surface area contributed by atoms with Gasteiger partial charge in [-0.2, -0.15) is 0 Å². The number of nitrogens with zero attached hydrogens (tertiary/aromatic N) is 4. The van der Waals surface area contributed by atoms with Crippen molar-refractivity contribution in [3.8, 4) is 0 Å². The highest BCUT2D eigenvalue weighted by Gasteiger charge is 2.40. The van der Waals surface area contributed by atoms with Crippen LogP contribution in [0.15, 0.2) is 54.6 Å². The fraction of sp³-hybridized carbons (Fsp3) is 0.269. The number of carbonyl (C=O) groups excluding carboxylic acids is 3. The van der Waals surface area contributed by atoms with Gasteiger partial charge in [-0.25, -0.2) is 9.97 Å². The number of imide groups is 1. The lowest BCUT2D eigenvalue weighted by Crippen LogP contribution is -2.45. The first-order valence-electron chi connectivity index (χ1n) is 11.7. The molecule has 10 nitrogen and oxygen atoms in total. The minimum absolute atomic E-state index is 0.314. The Morgan fingerprint density at radius 2 is 1.56 bits per heavy atom. The molecule has 0 aliphatic carbocycles. The zero-order valence-corrected chi connectivity index (χ0v) is 20.0. The molecule has 0 radical (unpaired) electrons. The molecule has 3 amide bonds. The molecule has 1 saturated heterocycles. The molecule has 2 aliphatic rings. The monoisotopic (exact) mass is 486 g/mol. The van der Waals surface area contributed by atoms with Gasteiger partial charge < -0.3 is 20.3 Å². The number of hydrogen-bond donors (Lipinski definition) is 2. The van der Waals surface area contributed by atoms with Crippen molar-refractivity contribution in [1.29, 1.82) is 0 Å². The summed E-state index contributed by atoms with van der Waals surface area (Å²) in [5.74, 6) is 0.794. The zero-order valence-electron chi connectivity index (χ0n) is 20.0. The topological polar surface area (TPSA) is 117 Å². The number of morpholine rings is 1. The number of nitrogens with one attached hydrogen (secondary N) is 2. The first-order chi connectivity index (χ1) is 17.4. The summed E-state index contributed by atoms with van der Waals surface area (Å²) in [5.41, 5.74) is 1.96. The Morgan fingerprint density at radius 1 is 0.944 bits per heavy atom. The summed E-state index contributed by atoms with van der Waals surface area (Å²) in [7, 11) is 0. The van der Waals surface area contributed by atoms with E-state index >= 15 is 0 Å². The molecule has 3 heterocycles. The number of amides is 3. The van der Waals surface area contributed by atoms with Crippen molar-refractivity contribution in [3.05, 3.63) is 71.5 Å². The Kier molecular flexibility index (Phi) is 6.34. The van der Waals surface area contributed by atoms with Gasteiger partial charge in [0.2, 0.25) is 5.91 Å². The predicted molar refractivity (Wildman–Crippen MR) is 135 cm³/mol. The average Bonchev–Trinajstić information content (AvgIpc) is 3.14. The van der Waals surface area contributed by atoms with E-state index in [1.807, 2.05) is 25.1 Å². The number of ether oxygens (including phenoxy) is 1. The van der Waals surface area contributed by atoms with Crippen molar-refractivity contribution in [1.82, 2.24) is 14.9 Å². The molecule has 36 heavy (non-hydrogen) atoms. The van der Waals surface area contributed by atoms with E-state index in [1.165, 1.54) is 6.92 Å². The highest BCUT2D eigenvalue weighted by Crippen LogP contribution is 2.26. The number of anilines is 4. The van der Waals surface area contributed by atoms with Crippen molar-refractivity contribution in [2.24, 2.45) is 0 Å².